The Morgan fingerprint density at radius 2 is 1.67 bits per heavy atom. The fourth-order valence-electron chi connectivity index (χ4n) is 2.75. The molecule has 0 aliphatic rings. The van der Waals surface area contributed by atoms with Crippen molar-refractivity contribution in [1.82, 2.24) is 4.98 Å². The first-order valence-electron chi connectivity index (χ1n) is 7.32. The summed E-state index contributed by atoms with van der Waals surface area (Å²) in [6.45, 7) is 3.64. The molecule has 0 saturated heterocycles. The molecule has 3 rings (SSSR count). The van der Waals surface area contributed by atoms with Gasteiger partial charge in [-0.2, -0.15) is 0 Å². The maximum atomic E-state index is 13.0. The van der Waals surface area contributed by atoms with Crippen molar-refractivity contribution < 1.29 is 13.2 Å². The monoisotopic (exact) mass is 359 g/mol. The van der Waals surface area contributed by atoms with Gasteiger partial charge in [0.2, 0.25) is 9.84 Å². The van der Waals surface area contributed by atoms with E-state index in [-0.39, 0.29) is 4.90 Å². The molecular formula is C18H17NO3S2. The lowest BCUT2D eigenvalue weighted by Gasteiger charge is -2.13. The predicted molar refractivity (Wildman–Crippen MR) is 95.5 cm³/mol. The molecule has 0 aliphatic heterocycles. The summed E-state index contributed by atoms with van der Waals surface area (Å²) in [6.07, 6.45) is 0. The lowest BCUT2D eigenvalue weighted by Crippen LogP contribution is -2.07. The minimum Gasteiger partial charge on any atom is -0.497 e. The quantitative estimate of drug-likeness (QED) is 0.698. The molecule has 2 aromatic carbocycles. The van der Waals surface area contributed by atoms with Gasteiger partial charge in [-0.05, 0) is 61.4 Å². The molecule has 0 radical (unpaired) electrons. The maximum absolute atomic E-state index is 13.0. The van der Waals surface area contributed by atoms with E-state index in [9.17, 15) is 8.42 Å². The Bertz CT molecular complexity index is 937. The van der Waals surface area contributed by atoms with Gasteiger partial charge in [0.15, 0.2) is 0 Å². The zero-order valence-electron chi connectivity index (χ0n) is 13.6. The van der Waals surface area contributed by atoms with Crippen molar-refractivity contribution in [2.75, 3.05) is 7.11 Å². The van der Waals surface area contributed by atoms with Crippen molar-refractivity contribution in [2.45, 2.75) is 23.6 Å². The van der Waals surface area contributed by atoms with E-state index in [4.69, 9.17) is 4.74 Å². The SMILES string of the molecule is COc1ccc(S(=O)(=O)c2c(C)cc(-c3cscn3)cc2C)cc1. The van der Waals surface area contributed by atoms with Crippen LogP contribution in [0.1, 0.15) is 11.1 Å². The standard InChI is InChI=1S/C18H17NO3S2/c1-12-8-14(17-10-23-11-19-17)9-13(2)18(12)24(20,21)16-6-4-15(22-3)5-7-16/h4-11H,1-3H3. The molecule has 1 heterocycles. The van der Waals surface area contributed by atoms with Crippen LogP contribution in [0.15, 0.2) is 57.1 Å². The molecule has 24 heavy (non-hydrogen) atoms. The van der Waals surface area contributed by atoms with Crippen LogP contribution in [0.25, 0.3) is 11.3 Å². The number of ether oxygens (including phenoxy) is 1. The van der Waals surface area contributed by atoms with Gasteiger partial charge in [-0.15, -0.1) is 11.3 Å². The summed E-state index contributed by atoms with van der Waals surface area (Å²) < 4.78 is 31.1. The smallest absolute Gasteiger partial charge is 0.207 e. The number of rotatable bonds is 4. The van der Waals surface area contributed by atoms with Crippen LogP contribution in [-0.4, -0.2) is 20.5 Å². The Kier molecular flexibility index (Phi) is 4.43. The largest absolute Gasteiger partial charge is 0.497 e. The summed E-state index contributed by atoms with van der Waals surface area (Å²) in [5.74, 6) is 0.626. The van der Waals surface area contributed by atoms with E-state index in [1.807, 2.05) is 31.4 Å². The molecule has 0 fully saturated rings. The lowest BCUT2D eigenvalue weighted by molar-refractivity contribution is 0.414. The van der Waals surface area contributed by atoms with Gasteiger partial charge in [0, 0.05) is 10.9 Å². The maximum Gasteiger partial charge on any atom is 0.207 e. The van der Waals surface area contributed by atoms with Crippen molar-refractivity contribution in [3.63, 3.8) is 0 Å². The summed E-state index contributed by atoms with van der Waals surface area (Å²) in [5, 5.41) is 1.95. The van der Waals surface area contributed by atoms with Gasteiger partial charge < -0.3 is 4.74 Å². The minimum absolute atomic E-state index is 0.260. The highest BCUT2D eigenvalue weighted by Gasteiger charge is 2.23. The Morgan fingerprint density at radius 1 is 1.04 bits per heavy atom. The average molecular weight is 359 g/mol. The summed E-state index contributed by atoms with van der Waals surface area (Å²) in [4.78, 5) is 4.91. The molecule has 0 aliphatic carbocycles. The first-order chi connectivity index (χ1) is 11.4. The van der Waals surface area contributed by atoms with Crippen LogP contribution in [0.4, 0.5) is 0 Å². The molecule has 124 valence electrons. The molecule has 0 spiro atoms. The zero-order valence-corrected chi connectivity index (χ0v) is 15.2. The molecule has 0 bridgehead atoms. The van der Waals surface area contributed by atoms with Crippen LogP contribution in [0.3, 0.4) is 0 Å². The highest BCUT2D eigenvalue weighted by atomic mass is 32.2. The number of hydrogen-bond acceptors (Lipinski definition) is 5. The summed E-state index contributed by atoms with van der Waals surface area (Å²) >= 11 is 1.51. The second kappa shape index (κ2) is 6.37. The summed E-state index contributed by atoms with van der Waals surface area (Å²) in [6, 6.07) is 10.2. The number of aryl methyl sites for hydroxylation is 2. The van der Waals surface area contributed by atoms with E-state index >= 15 is 0 Å². The van der Waals surface area contributed by atoms with Gasteiger partial charge in [-0.25, -0.2) is 13.4 Å². The topological polar surface area (TPSA) is 56.3 Å². The van der Waals surface area contributed by atoms with Crippen molar-refractivity contribution in [3.05, 3.63) is 58.4 Å². The molecule has 6 heteroatoms. The van der Waals surface area contributed by atoms with Crippen LogP contribution >= 0.6 is 11.3 Å². The number of hydrogen-bond donors (Lipinski definition) is 0. The van der Waals surface area contributed by atoms with Crippen LogP contribution in [0.5, 0.6) is 5.75 Å². The number of methoxy groups -OCH3 is 1. The van der Waals surface area contributed by atoms with E-state index in [0.29, 0.717) is 21.8 Å². The fourth-order valence-corrected chi connectivity index (χ4v) is 5.01. The number of benzene rings is 2. The van der Waals surface area contributed by atoms with Crippen LogP contribution in [-0.2, 0) is 9.84 Å². The van der Waals surface area contributed by atoms with Gasteiger partial charge in [0.25, 0.3) is 0 Å². The van der Waals surface area contributed by atoms with Gasteiger partial charge in [-0.1, -0.05) is 0 Å². The summed E-state index contributed by atoms with van der Waals surface area (Å²) in [5.41, 5.74) is 4.99. The number of thiazole rings is 1. The van der Waals surface area contributed by atoms with Gasteiger partial charge in [-0.3, -0.25) is 0 Å². The highest BCUT2D eigenvalue weighted by Crippen LogP contribution is 2.32. The van der Waals surface area contributed by atoms with Gasteiger partial charge in [0.1, 0.15) is 5.75 Å². The lowest BCUT2D eigenvalue weighted by atomic mass is 10.1. The molecule has 4 nitrogen and oxygen atoms in total. The molecule has 0 saturated carbocycles. The third kappa shape index (κ3) is 2.95. The Hall–Kier alpha value is -2.18. The Labute approximate surface area is 145 Å². The Balaban J connectivity index is 2.10. The van der Waals surface area contributed by atoms with E-state index in [1.54, 1.807) is 36.9 Å². The fraction of sp³-hybridized carbons (Fsp3) is 0.167. The molecule has 1 aromatic heterocycles. The third-order valence-electron chi connectivity index (χ3n) is 3.83. The molecule has 0 amide bonds. The minimum atomic E-state index is -3.58. The average Bonchev–Trinajstić information content (AvgIpc) is 3.08. The van der Waals surface area contributed by atoms with Crippen LogP contribution < -0.4 is 4.74 Å². The van der Waals surface area contributed by atoms with Crippen LogP contribution in [0.2, 0.25) is 0 Å². The molecule has 0 N–H and O–H groups in total. The first-order valence-corrected chi connectivity index (χ1v) is 9.75. The normalized spacial score (nSPS) is 11.5. The Morgan fingerprint density at radius 3 is 2.17 bits per heavy atom. The van der Waals surface area contributed by atoms with E-state index in [0.717, 1.165) is 11.3 Å². The van der Waals surface area contributed by atoms with E-state index in [1.165, 1.54) is 11.3 Å². The van der Waals surface area contributed by atoms with Gasteiger partial charge >= 0.3 is 0 Å². The number of aromatic nitrogens is 1. The number of nitrogens with zero attached hydrogens (tertiary/aromatic N) is 1. The highest BCUT2D eigenvalue weighted by molar-refractivity contribution is 7.91. The summed E-state index contributed by atoms with van der Waals surface area (Å²) in [7, 11) is -2.03. The predicted octanol–water partition coefficient (Wildman–Crippen LogP) is 4.27. The molecule has 0 unspecified atom stereocenters. The zero-order chi connectivity index (χ0) is 17.3. The van der Waals surface area contributed by atoms with E-state index < -0.39 is 9.84 Å². The molecule has 0 atom stereocenters. The van der Waals surface area contributed by atoms with Crippen molar-refractivity contribution >= 4 is 21.2 Å². The van der Waals surface area contributed by atoms with E-state index in [2.05, 4.69) is 4.98 Å². The molecular weight excluding hydrogens is 342 g/mol. The van der Waals surface area contributed by atoms with Gasteiger partial charge in [0.05, 0.1) is 28.1 Å². The first kappa shape index (κ1) is 16.7. The van der Waals surface area contributed by atoms with Crippen LogP contribution in [0, 0.1) is 13.8 Å². The van der Waals surface area contributed by atoms with Crippen molar-refractivity contribution in [3.8, 4) is 17.0 Å². The molecule has 3 aromatic rings. The second-order valence-corrected chi connectivity index (χ2v) is 8.10. The second-order valence-electron chi connectivity index (χ2n) is 5.49. The third-order valence-corrected chi connectivity index (χ3v) is 6.49. The van der Waals surface area contributed by atoms with Crippen molar-refractivity contribution in [2.24, 2.45) is 0 Å². The number of sulfone groups is 1. The van der Waals surface area contributed by atoms with Crippen molar-refractivity contribution in [1.29, 1.82) is 0 Å².